The van der Waals surface area contributed by atoms with Crippen molar-refractivity contribution in [2.75, 3.05) is 0 Å². The average Bonchev–Trinajstić information content (AvgIpc) is 2.17. The first-order valence-corrected chi connectivity index (χ1v) is 4.20. The quantitative estimate of drug-likeness (QED) is 0.365. The van der Waals surface area contributed by atoms with Gasteiger partial charge in [-0.05, 0) is 26.0 Å². The molecule has 0 aliphatic heterocycles. The molecular weight excluding hydrogens is 177 g/mol. The van der Waals surface area contributed by atoms with Crippen molar-refractivity contribution in [2.24, 2.45) is 4.99 Å². The lowest BCUT2D eigenvalue weighted by atomic mass is 10.2. The smallest absolute Gasteiger partial charge is 0.151 e. The zero-order valence-corrected chi connectivity index (χ0v) is 8.55. The van der Waals surface area contributed by atoms with Gasteiger partial charge >= 0.3 is 0 Å². The molecule has 0 aromatic heterocycles. The van der Waals surface area contributed by atoms with E-state index in [9.17, 15) is 4.39 Å². The van der Waals surface area contributed by atoms with E-state index in [0.29, 0.717) is 5.70 Å². The van der Waals surface area contributed by atoms with Gasteiger partial charge in [-0.15, -0.1) is 5.73 Å². The summed E-state index contributed by atoms with van der Waals surface area (Å²) in [6, 6.07) is 0. The Labute approximate surface area is 84.4 Å². The maximum atomic E-state index is 13.3. The average molecular weight is 191 g/mol. The van der Waals surface area contributed by atoms with Crippen molar-refractivity contribution in [3.63, 3.8) is 0 Å². The monoisotopic (exact) mass is 191 g/mol. The molecule has 0 saturated heterocycles. The fourth-order valence-corrected chi connectivity index (χ4v) is 0.716. The largest absolute Gasteiger partial charge is 0.259 e. The fourth-order valence-electron chi connectivity index (χ4n) is 0.716. The Morgan fingerprint density at radius 2 is 2.14 bits per heavy atom. The van der Waals surface area contributed by atoms with Crippen LogP contribution in [0.3, 0.4) is 0 Å². The van der Waals surface area contributed by atoms with Gasteiger partial charge in [-0.25, -0.2) is 4.39 Å². The van der Waals surface area contributed by atoms with E-state index in [1.165, 1.54) is 12.3 Å². The van der Waals surface area contributed by atoms with E-state index in [-0.39, 0.29) is 5.57 Å². The van der Waals surface area contributed by atoms with Crippen LogP contribution in [0.25, 0.3) is 0 Å². The zero-order valence-electron chi connectivity index (χ0n) is 8.55. The molecule has 0 aliphatic carbocycles. The maximum absolute atomic E-state index is 13.3. The van der Waals surface area contributed by atoms with Gasteiger partial charge in [0.1, 0.15) is 0 Å². The van der Waals surface area contributed by atoms with Crippen LogP contribution in [0.15, 0.2) is 59.2 Å². The summed E-state index contributed by atoms with van der Waals surface area (Å²) in [5.74, 6) is -0.443. The predicted molar refractivity (Wildman–Crippen MR) is 60.0 cm³/mol. The highest BCUT2D eigenvalue weighted by molar-refractivity contribution is 5.72. The molecule has 2 heteroatoms. The van der Waals surface area contributed by atoms with Gasteiger partial charge in [-0.3, -0.25) is 4.99 Å². The standard InChI is InChI=1S/C12H14FN/c1-5-7-9-14-11(4)12(13)10(3)8-6-2/h5,7-9H,2-3H2,1,4H3/b7-5+,12-11+,14-9+. The number of rotatable bonds is 4. The van der Waals surface area contributed by atoms with Gasteiger partial charge in [0.05, 0.1) is 5.70 Å². The molecule has 0 amide bonds. The summed E-state index contributed by atoms with van der Waals surface area (Å²) in [4.78, 5) is 3.88. The van der Waals surface area contributed by atoms with Gasteiger partial charge in [-0.2, -0.15) is 0 Å². The van der Waals surface area contributed by atoms with Crippen molar-refractivity contribution in [1.29, 1.82) is 0 Å². The molecule has 1 nitrogen and oxygen atoms in total. The minimum absolute atomic E-state index is 0.232. The number of aliphatic imine (C=N–C) groups is 1. The molecule has 0 aromatic rings. The van der Waals surface area contributed by atoms with Crippen molar-refractivity contribution in [3.8, 4) is 0 Å². The van der Waals surface area contributed by atoms with Gasteiger partial charge in [0, 0.05) is 11.8 Å². The van der Waals surface area contributed by atoms with Gasteiger partial charge < -0.3 is 0 Å². The van der Waals surface area contributed by atoms with E-state index in [1.807, 2.05) is 13.0 Å². The molecule has 0 fully saturated rings. The normalized spacial score (nSPS) is 12.8. The second-order valence-corrected chi connectivity index (χ2v) is 2.58. The number of hydrogen-bond acceptors (Lipinski definition) is 1. The Morgan fingerprint density at radius 3 is 2.64 bits per heavy atom. The summed E-state index contributed by atoms with van der Waals surface area (Å²) < 4.78 is 13.3. The second kappa shape index (κ2) is 6.81. The molecule has 0 unspecified atom stereocenters. The highest BCUT2D eigenvalue weighted by Crippen LogP contribution is 2.16. The van der Waals surface area contributed by atoms with Gasteiger partial charge in [0.25, 0.3) is 0 Å². The highest BCUT2D eigenvalue weighted by atomic mass is 19.1. The van der Waals surface area contributed by atoms with E-state index >= 15 is 0 Å². The molecule has 0 bridgehead atoms. The lowest BCUT2D eigenvalue weighted by Crippen LogP contribution is -1.82. The van der Waals surface area contributed by atoms with Crippen LogP contribution in [0.2, 0.25) is 0 Å². The first kappa shape index (κ1) is 12.3. The summed E-state index contributed by atoms with van der Waals surface area (Å²) >= 11 is 0. The maximum Gasteiger partial charge on any atom is 0.151 e. The number of hydrogen-bond donors (Lipinski definition) is 0. The Balaban J connectivity index is 4.74. The highest BCUT2D eigenvalue weighted by Gasteiger charge is 2.01. The summed E-state index contributed by atoms with van der Waals surface area (Å²) in [6.45, 7) is 10.3. The van der Waals surface area contributed by atoms with Crippen LogP contribution < -0.4 is 0 Å². The molecule has 14 heavy (non-hydrogen) atoms. The van der Waals surface area contributed by atoms with Gasteiger partial charge in [-0.1, -0.05) is 19.2 Å². The molecule has 0 N–H and O–H groups in total. The number of nitrogens with zero attached hydrogens (tertiary/aromatic N) is 1. The van der Waals surface area contributed by atoms with E-state index in [1.54, 1.807) is 13.0 Å². The van der Waals surface area contributed by atoms with Crippen molar-refractivity contribution in [3.05, 3.63) is 54.2 Å². The summed E-state index contributed by atoms with van der Waals surface area (Å²) in [7, 11) is 0. The molecule has 0 aliphatic rings. The second-order valence-electron chi connectivity index (χ2n) is 2.58. The van der Waals surface area contributed by atoms with E-state index < -0.39 is 5.83 Å². The summed E-state index contributed by atoms with van der Waals surface area (Å²) in [6.07, 6.45) is 6.44. The third-order valence-electron chi connectivity index (χ3n) is 1.42. The molecule has 74 valence electrons. The van der Waals surface area contributed by atoms with Crippen LogP contribution in [0.4, 0.5) is 4.39 Å². The van der Waals surface area contributed by atoms with Crippen LogP contribution in [-0.4, -0.2) is 6.21 Å². The van der Waals surface area contributed by atoms with Crippen LogP contribution >= 0.6 is 0 Å². The van der Waals surface area contributed by atoms with Gasteiger partial charge in [0.2, 0.25) is 0 Å². The zero-order chi connectivity index (χ0) is 11.0. The SMILES string of the molecule is C=C=CC(=C)\C(F)=C(C)/N=C/C=C/C. The fraction of sp³-hybridized carbons (Fsp3) is 0.167. The molecule has 0 atom stereocenters. The number of halogens is 1. The van der Waals surface area contributed by atoms with Crippen LogP contribution in [0.1, 0.15) is 13.8 Å². The minimum atomic E-state index is -0.443. The van der Waals surface area contributed by atoms with E-state index in [0.717, 1.165) is 0 Å². The first-order valence-electron chi connectivity index (χ1n) is 4.20. The summed E-state index contributed by atoms with van der Waals surface area (Å²) in [5, 5.41) is 0. The predicted octanol–water partition coefficient (Wildman–Crippen LogP) is 3.73. The summed E-state index contributed by atoms with van der Waals surface area (Å²) in [5.41, 5.74) is 2.98. The van der Waals surface area contributed by atoms with Crippen molar-refractivity contribution < 1.29 is 4.39 Å². The Bertz CT molecular complexity index is 339. The van der Waals surface area contributed by atoms with E-state index in [2.05, 4.69) is 23.9 Å². The minimum Gasteiger partial charge on any atom is -0.259 e. The lowest BCUT2D eigenvalue weighted by molar-refractivity contribution is 0.643. The van der Waals surface area contributed by atoms with Crippen molar-refractivity contribution in [1.82, 2.24) is 0 Å². The number of allylic oxidation sites excluding steroid dienone is 6. The first-order chi connectivity index (χ1) is 6.63. The molecule has 0 saturated carbocycles. The topological polar surface area (TPSA) is 12.4 Å². The van der Waals surface area contributed by atoms with Crippen LogP contribution in [0.5, 0.6) is 0 Å². The molecule has 0 aromatic carbocycles. The Kier molecular flexibility index (Phi) is 6.01. The molecular formula is C12H14FN. The Hall–Kier alpha value is -1.66. The molecule has 0 rings (SSSR count). The third kappa shape index (κ3) is 4.39. The van der Waals surface area contributed by atoms with Crippen molar-refractivity contribution >= 4 is 6.21 Å². The third-order valence-corrected chi connectivity index (χ3v) is 1.42. The van der Waals surface area contributed by atoms with Crippen molar-refractivity contribution in [2.45, 2.75) is 13.8 Å². The lowest BCUT2D eigenvalue weighted by Gasteiger charge is -1.97. The molecule has 0 spiro atoms. The van der Waals surface area contributed by atoms with Crippen LogP contribution in [-0.2, 0) is 0 Å². The van der Waals surface area contributed by atoms with Crippen LogP contribution in [0, 0.1) is 0 Å². The molecule has 0 heterocycles. The van der Waals surface area contributed by atoms with E-state index in [4.69, 9.17) is 0 Å². The van der Waals surface area contributed by atoms with Gasteiger partial charge in [0.15, 0.2) is 5.83 Å². The Morgan fingerprint density at radius 1 is 1.50 bits per heavy atom. The molecule has 0 radical (unpaired) electrons.